The van der Waals surface area contributed by atoms with E-state index in [4.69, 9.17) is 11.5 Å². The number of aromatic nitrogens is 1. The molecule has 2 aromatic rings. The lowest BCUT2D eigenvalue weighted by atomic mass is 9.96. The second-order valence-electron chi connectivity index (χ2n) is 15.4. The van der Waals surface area contributed by atoms with E-state index in [1.807, 2.05) is 0 Å². The molecule has 0 aliphatic carbocycles. The topological polar surface area (TPSA) is 337 Å². The third-order valence-electron chi connectivity index (χ3n) is 10.9. The molecular formula is C39H56N10O11S. The van der Waals surface area contributed by atoms with Crippen LogP contribution >= 0.6 is 11.8 Å². The third kappa shape index (κ3) is 12.6. The first-order valence-corrected chi connectivity index (χ1v) is 21.1. The number of fused-ring (bicyclic) bond motifs is 3. The first kappa shape index (κ1) is 47.9. The molecule has 1 aromatic carbocycles. The Morgan fingerprint density at radius 3 is 2.26 bits per heavy atom. The maximum Gasteiger partial charge on any atom is 0.327 e. The monoisotopic (exact) mass is 872 g/mol. The summed E-state index contributed by atoms with van der Waals surface area (Å²) >= 11 is 1.04. The highest BCUT2D eigenvalue weighted by atomic mass is 32.2. The number of hydrogen-bond acceptors (Lipinski definition) is 12. The number of aliphatic hydroxyl groups excluding tert-OH is 1. The summed E-state index contributed by atoms with van der Waals surface area (Å²) in [7, 11) is 0. The molecule has 0 unspecified atom stereocenters. The molecule has 8 amide bonds. The van der Waals surface area contributed by atoms with Crippen molar-refractivity contribution in [1.82, 2.24) is 41.8 Å². The van der Waals surface area contributed by atoms with Crippen LogP contribution in [0.2, 0.25) is 0 Å². The fraction of sp³-hybridized carbons (Fsp3) is 0.564. The lowest BCUT2D eigenvalue weighted by molar-refractivity contribution is -0.141. The molecule has 2 aliphatic heterocycles. The van der Waals surface area contributed by atoms with Gasteiger partial charge in [-0.15, -0.1) is 11.8 Å². The fourth-order valence-corrected chi connectivity index (χ4v) is 8.14. The van der Waals surface area contributed by atoms with Crippen LogP contribution in [0.25, 0.3) is 10.9 Å². The first-order chi connectivity index (χ1) is 28.8. The minimum Gasteiger partial charge on any atom is -0.480 e. The highest BCUT2D eigenvalue weighted by Gasteiger charge is 2.42. The molecule has 13 N–H and O–H groups in total. The molecule has 21 nitrogen and oxygen atoms in total. The molecule has 0 spiro atoms. The Kier molecular flexibility index (Phi) is 17.0. The Morgan fingerprint density at radius 1 is 0.967 bits per heavy atom. The predicted octanol–water partition coefficient (Wildman–Crippen LogP) is -2.67. The van der Waals surface area contributed by atoms with Crippen LogP contribution in [0, 0.1) is 11.8 Å². The van der Waals surface area contributed by atoms with Gasteiger partial charge in [0.05, 0.1) is 36.7 Å². The van der Waals surface area contributed by atoms with E-state index in [2.05, 4.69) is 36.9 Å². The quantitative estimate of drug-likeness (QED) is 0.104. The summed E-state index contributed by atoms with van der Waals surface area (Å²) in [5.41, 5.74) is 12.2. The van der Waals surface area contributed by atoms with Crippen molar-refractivity contribution in [3.63, 3.8) is 0 Å². The molecule has 22 heteroatoms. The summed E-state index contributed by atoms with van der Waals surface area (Å²) in [6, 6.07) is -0.851. The molecule has 1 saturated heterocycles. The summed E-state index contributed by atoms with van der Waals surface area (Å²) in [4.78, 5) is 123. The molecule has 9 atom stereocenters. The lowest BCUT2D eigenvalue weighted by Crippen LogP contribution is -2.59. The van der Waals surface area contributed by atoms with E-state index in [1.165, 1.54) is 0 Å². The zero-order chi connectivity index (χ0) is 45.1. The van der Waals surface area contributed by atoms with Crippen LogP contribution in [0.1, 0.15) is 58.9 Å². The highest BCUT2D eigenvalue weighted by molar-refractivity contribution is 7.99. The molecule has 1 fully saturated rings. The molecule has 0 bridgehead atoms. The number of carboxylic acid groups (broad SMARTS) is 1. The van der Waals surface area contributed by atoms with Crippen molar-refractivity contribution in [3.05, 3.63) is 29.8 Å². The van der Waals surface area contributed by atoms with Crippen LogP contribution in [-0.2, 0) is 49.6 Å². The van der Waals surface area contributed by atoms with E-state index in [9.17, 15) is 53.4 Å². The Morgan fingerprint density at radius 2 is 1.62 bits per heavy atom. The number of para-hydroxylation sites is 1. The molecule has 0 radical (unpaired) electrons. The van der Waals surface area contributed by atoms with Gasteiger partial charge in [-0.1, -0.05) is 58.7 Å². The number of amides is 8. The number of aliphatic hydroxyl groups is 1. The molecule has 2 aliphatic rings. The Hall–Kier alpha value is -5.74. The van der Waals surface area contributed by atoms with Gasteiger partial charge >= 0.3 is 5.97 Å². The van der Waals surface area contributed by atoms with Crippen molar-refractivity contribution < 1.29 is 53.4 Å². The molecule has 1 aromatic heterocycles. The van der Waals surface area contributed by atoms with E-state index in [0.29, 0.717) is 34.3 Å². The molecule has 4 rings (SSSR count). The van der Waals surface area contributed by atoms with Gasteiger partial charge in [0.25, 0.3) is 0 Å². The number of benzene rings is 1. The number of likely N-dealkylation sites (tertiary alicyclic amines) is 1. The normalized spacial score (nSPS) is 24.0. The second-order valence-corrected chi connectivity index (χ2v) is 16.5. The maximum absolute atomic E-state index is 14.3. The Bertz CT molecular complexity index is 2000. The number of aromatic amines is 1. The van der Waals surface area contributed by atoms with Crippen molar-refractivity contribution in [1.29, 1.82) is 0 Å². The number of carbonyl (C=O) groups excluding carboxylic acids is 8. The van der Waals surface area contributed by atoms with Crippen LogP contribution in [0.3, 0.4) is 0 Å². The van der Waals surface area contributed by atoms with E-state index in [-0.39, 0.29) is 25.1 Å². The largest absolute Gasteiger partial charge is 0.480 e. The molecule has 334 valence electrons. The van der Waals surface area contributed by atoms with Crippen molar-refractivity contribution >= 4 is 75.9 Å². The average Bonchev–Trinajstić information content (AvgIpc) is 3.79. The summed E-state index contributed by atoms with van der Waals surface area (Å²) in [6.07, 6.45) is -1.18. The second kappa shape index (κ2) is 21.7. The van der Waals surface area contributed by atoms with Crippen molar-refractivity contribution in [3.8, 4) is 0 Å². The smallest absolute Gasteiger partial charge is 0.327 e. The number of hydrogen-bond donors (Lipinski definition) is 11. The van der Waals surface area contributed by atoms with E-state index < -0.39 is 127 Å². The van der Waals surface area contributed by atoms with Crippen LogP contribution in [-0.4, -0.2) is 141 Å². The van der Waals surface area contributed by atoms with Gasteiger partial charge in [0, 0.05) is 36.0 Å². The SMILES string of the molecule is CC[C@H](C)[C@@H]1NC(=O)CNC(=O)[C@@H](NC(=O)[C@@H](NC(=O)[C@@H]2C[C@@H](O)CN2C(=O)[C@H](N)CC(N)=O)[C@@H](C)CC)Cc2c([nH]c3ccccc23)SC[C@@H](C(=O)O)NC(=O)CNC1=O. The van der Waals surface area contributed by atoms with E-state index >= 15 is 0 Å². The lowest BCUT2D eigenvalue weighted by Gasteiger charge is -2.30. The standard InChI is InChI=1S/C39H56N10O11S/c1-5-18(3)31-35(56)43-14-29(52)44-26(39(59)60)17-61-37-22(21-9-7-8-10-24(21)46-37)12-25(33(54)42-15-30(53)47-31)45-36(57)32(19(4)6-2)48-34(55)27-11-20(50)16-49(27)38(58)23(40)13-28(41)51/h7-10,18-20,23,25-27,31-32,46,50H,5-6,11-17,40H2,1-4H3,(H2,41,51)(H,42,54)(H,43,56)(H,44,52)(H,45,57)(H,47,53)(H,48,55)(H,59,60)/t18-,19-,20+,23+,25-,26-,27-,31-,32-/m0/s1. The summed E-state index contributed by atoms with van der Waals surface area (Å²) < 4.78 is 0. The highest BCUT2D eigenvalue weighted by Crippen LogP contribution is 2.32. The minimum absolute atomic E-state index is 0.185. The number of H-pyrrole nitrogens is 1. The van der Waals surface area contributed by atoms with Gasteiger partial charge in [-0.2, -0.15) is 0 Å². The maximum atomic E-state index is 14.3. The van der Waals surface area contributed by atoms with Gasteiger partial charge in [0.1, 0.15) is 30.2 Å². The van der Waals surface area contributed by atoms with Crippen LogP contribution < -0.4 is 43.4 Å². The Labute approximate surface area is 356 Å². The predicted molar refractivity (Wildman–Crippen MR) is 221 cm³/mol. The number of aliphatic carboxylic acids is 1. The fourth-order valence-electron chi connectivity index (χ4n) is 7.03. The molecule has 3 heterocycles. The number of β-amino-alcohol motifs (C(OH)–C–C–N with tert-alkyl or cyclic N) is 1. The van der Waals surface area contributed by atoms with Crippen LogP contribution in [0.4, 0.5) is 0 Å². The van der Waals surface area contributed by atoms with Crippen LogP contribution in [0.5, 0.6) is 0 Å². The molecule has 61 heavy (non-hydrogen) atoms. The van der Waals surface area contributed by atoms with Gasteiger partial charge in [-0.25, -0.2) is 4.79 Å². The van der Waals surface area contributed by atoms with Crippen molar-refractivity contribution in [2.24, 2.45) is 23.3 Å². The van der Waals surface area contributed by atoms with Crippen molar-refractivity contribution in [2.75, 3.05) is 25.4 Å². The van der Waals surface area contributed by atoms with E-state index in [0.717, 1.165) is 16.7 Å². The zero-order valence-electron chi connectivity index (χ0n) is 34.4. The number of rotatable bonds is 12. The molecular weight excluding hydrogens is 817 g/mol. The van der Waals surface area contributed by atoms with Gasteiger partial charge in [-0.05, 0) is 23.5 Å². The van der Waals surface area contributed by atoms with Gasteiger partial charge in [-0.3, -0.25) is 38.4 Å². The average molecular weight is 873 g/mol. The van der Waals surface area contributed by atoms with Crippen molar-refractivity contribution in [2.45, 2.75) is 107 Å². The summed E-state index contributed by atoms with van der Waals surface area (Å²) in [5.74, 6) is -8.76. The third-order valence-corrected chi connectivity index (χ3v) is 12.0. The minimum atomic E-state index is -1.41. The number of thioether (sulfide) groups is 1. The summed E-state index contributed by atoms with van der Waals surface area (Å²) in [6.45, 7) is 5.51. The first-order valence-electron chi connectivity index (χ1n) is 20.1. The number of primary amides is 1. The van der Waals surface area contributed by atoms with E-state index in [1.54, 1.807) is 52.0 Å². The van der Waals surface area contributed by atoms with Crippen LogP contribution in [0.15, 0.2) is 29.3 Å². The van der Waals surface area contributed by atoms with Gasteiger partial charge < -0.3 is 63.5 Å². The molecule has 0 saturated carbocycles. The number of nitrogens with one attached hydrogen (secondary N) is 7. The Balaban J connectivity index is 1.70. The van der Waals surface area contributed by atoms with Gasteiger partial charge in [0.2, 0.25) is 47.3 Å². The number of carbonyl (C=O) groups is 9. The van der Waals surface area contributed by atoms with Gasteiger partial charge in [0.15, 0.2) is 0 Å². The number of nitrogens with two attached hydrogens (primary N) is 2. The zero-order valence-corrected chi connectivity index (χ0v) is 35.3. The number of carboxylic acids is 1. The summed E-state index contributed by atoms with van der Waals surface area (Å²) in [5, 5.41) is 36.9. The number of nitrogens with zero attached hydrogens (tertiary/aromatic N) is 1.